The fourth-order valence-electron chi connectivity index (χ4n) is 4.00. The van der Waals surface area contributed by atoms with Gasteiger partial charge in [-0.1, -0.05) is 18.2 Å². The summed E-state index contributed by atoms with van der Waals surface area (Å²) in [5.74, 6) is 0.579. The second-order valence-electron chi connectivity index (χ2n) is 8.70. The lowest BCUT2D eigenvalue weighted by atomic mass is 9.94. The first-order valence-electron chi connectivity index (χ1n) is 10.3. The number of aryl methyl sites for hydroxylation is 2. The second kappa shape index (κ2) is 8.05. The van der Waals surface area contributed by atoms with E-state index < -0.39 is 11.7 Å². The van der Waals surface area contributed by atoms with Gasteiger partial charge in [-0.3, -0.25) is 0 Å². The van der Waals surface area contributed by atoms with E-state index in [9.17, 15) is 4.79 Å². The lowest BCUT2D eigenvalue weighted by Crippen LogP contribution is -2.28. The maximum absolute atomic E-state index is 12.8. The first-order valence-corrected chi connectivity index (χ1v) is 11.1. The van der Waals surface area contributed by atoms with Crippen LogP contribution in [0.5, 0.6) is 5.75 Å². The molecule has 30 heavy (non-hydrogen) atoms. The van der Waals surface area contributed by atoms with Gasteiger partial charge in [0.15, 0.2) is 6.10 Å². The molecule has 5 heteroatoms. The number of ether oxygens (including phenoxy) is 3. The number of methoxy groups -OCH3 is 1. The highest BCUT2D eigenvalue weighted by molar-refractivity contribution is 7.20. The molecule has 0 bridgehead atoms. The Balaban J connectivity index is 1.96. The summed E-state index contributed by atoms with van der Waals surface area (Å²) in [6.45, 7) is 8.75. The Morgan fingerprint density at radius 2 is 2.00 bits per heavy atom. The van der Waals surface area contributed by atoms with E-state index in [0.29, 0.717) is 0 Å². The van der Waals surface area contributed by atoms with Gasteiger partial charge < -0.3 is 14.2 Å². The molecular weight excluding hydrogens is 396 g/mol. The highest BCUT2D eigenvalue weighted by Gasteiger charge is 2.33. The molecule has 1 atom stereocenters. The lowest BCUT2D eigenvalue weighted by molar-refractivity contribution is -0.163. The molecule has 0 saturated carbocycles. The third-order valence-corrected chi connectivity index (χ3v) is 6.47. The van der Waals surface area contributed by atoms with E-state index in [4.69, 9.17) is 14.2 Å². The summed E-state index contributed by atoms with van der Waals surface area (Å²) in [6.07, 6.45) is 1.23. The van der Waals surface area contributed by atoms with Crippen molar-refractivity contribution >= 4 is 27.4 Å². The smallest absolute Gasteiger partial charge is 0.340 e. The number of carbonyl (C=O) groups excluding carboxylic acids is 1. The maximum atomic E-state index is 12.8. The Morgan fingerprint density at radius 3 is 2.73 bits per heavy atom. The molecule has 0 N–H and O–H groups in total. The van der Waals surface area contributed by atoms with Crippen molar-refractivity contribution in [3.63, 3.8) is 0 Å². The van der Waals surface area contributed by atoms with E-state index >= 15 is 0 Å². The van der Waals surface area contributed by atoms with Crippen LogP contribution in [0.25, 0.3) is 21.2 Å². The van der Waals surface area contributed by atoms with Gasteiger partial charge in [-0.05, 0) is 75.4 Å². The van der Waals surface area contributed by atoms with Gasteiger partial charge in [0.2, 0.25) is 0 Å². The molecule has 0 saturated heterocycles. The molecule has 3 aromatic rings. The minimum Gasteiger partial charge on any atom is -0.493 e. The SMILES string of the molecule is COC(=O)C(OC(C)(C)C)c1sc2cccc(C)c2c1-c1ccc2c(c1)CCCO2. The lowest BCUT2D eigenvalue weighted by Gasteiger charge is -2.26. The molecule has 1 aliphatic heterocycles. The standard InChI is InChI=1S/C25H28O4S/c1-15-8-6-10-19-20(15)21(17-11-12-18-16(14-17)9-7-13-28-18)23(30-19)22(24(26)27-5)29-25(2,3)4/h6,8,10-12,14,22H,7,9,13H2,1-5H3. The van der Waals surface area contributed by atoms with E-state index in [-0.39, 0.29) is 5.97 Å². The van der Waals surface area contributed by atoms with Crippen molar-refractivity contribution in [2.45, 2.75) is 52.2 Å². The molecule has 0 amide bonds. The van der Waals surface area contributed by atoms with Crippen molar-refractivity contribution < 1.29 is 19.0 Å². The maximum Gasteiger partial charge on any atom is 0.340 e. The number of hydrogen-bond donors (Lipinski definition) is 0. The first-order chi connectivity index (χ1) is 14.3. The molecular formula is C25H28O4S. The molecule has 2 heterocycles. The number of thiophene rings is 1. The Hall–Kier alpha value is -2.37. The monoisotopic (exact) mass is 424 g/mol. The fourth-order valence-corrected chi connectivity index (χ4v) is 5.32. The van der Waals surface area contributed by atoms with Gasteiger partial charge in [-0.2, -0.15) is 0 Å². The van der Waals surface area contributed by atoms with Crippen molar-refractivity contribution in [3.05, 3.63) is 52.4 Å². The highest BCUT2D eigenvalue weighted by atomic mass is 32.1. The van der Waals surface area contributed by atoms with E-state index in [1.807, 2.05) is 26.8 Å². The number of carbonyl (C=O) groups is 1. The van der Waals surface area contributed by atoms with Crippen molar-refractivity contribution in [1.29, 1.82) is 0 Å². The summed E-state index contributed by atoms with van der Waals surface area (Å²) in [5, 5.41) is 1.17. The highest BCUT2D eigenvalue weighted by Crippen LogP contribution is 2.46. The summed E-state index contributed by atoms with van der Waals surface area (Å²) in [4.78, 5) is 13.7. The van der Waals surface area contributed by atoms with Crippen LogP contribution < -0.4 is 4.74 Å². The van der Waals surface area contributed by atoms with Gasteiger partial charge in [0, 0.05) is 15.6 Å². The Kier molecular flexibility index (Phi) is 5.60. The molecule has 158 valence electrons. The average Bonchev–Trinajstić information content (AvgIpc) is 3.11. The van der Waals surface area contributed by atoms with Crippen molar-refractivity contribution in [2.24, 2.45) is 0 Å². The van der Waals surface area contributed by atoms with Crippen LogP contribution in [0.3, 0.4) is 0 Å². The molecule has 0 radical (unpaired) electrons. The molecule has 4 rings (SSSR count). The van der Waals surface area contributed by atoms with Gasteiger partial charge in [-0.25, -0.2) is 4.79 Å². The molecule has 1 aromatic heterocycles. The van der Waals surface area contributed by atoms with Crippen molar-refractivity contribution in [1.82, 2.24) is 0 Å². The average molecular weight is 425 g/mol. The molecule has 4 nitrogen and oxygen atoms in total. The zero-order valence-corrected chi connectivity index (χ0v) is 19.0. The zero-order chi connectivity index (χ0) is 21.5. The van der Waals surface area contributed by atoms with Crippen LogP contribution >= 0.6 is 11.3 Å². The van der Waals surface area contributed by atoms with Gasteiger partial charge in [0.1, 0.15) is 5.75 Å². The predicted molar refractivity (Wildman–Crippen MR) is 121 cm³/mol. The van der Waals surface area contributed by atoms with E-state index in [2.05, 4.69) is 37.3 Å². The molecule has 0 fully saturated rings. The van der Waals surface area contributed by atoms with Crippen molar-refractivity contribution in [2.75, 3.05) is 13.7 Å². The topological polar surface area (TPSA) is 44.8 Å². The number of hydrogen-bond acceptors (Lipinski definition) is 5. The number of esters is 1. The third-order valence-electron chi connectivity index (χ3n) is 5.27. The predicted octanol–water partition coefficient (Wildman–Crippen LogP) is 6.23. The Morgan fingerprint density at radius 1 is 1.20 bits per heavy atom. The number of benzene rings is 2. The summed E-state index contributed by atoms with van der Waals surface area (Å²) in [6, 6.07) is 12.6. The van der Waals surface area contributed by atoms with Crippen LogP contribution in [0.15, 0.2) is 36.4 Å². The van der Waals surface area contributed by atoms with Gasteiger partial charge in [0.25, 0.3) is 0 Å². The van der Waals surface area contributed by atoms with Gasteiger partial charge in [-0.15, -0.1) is 11.3 Å². The van der Waals surface area contributed by atoms with E-state index in [1.165, 1.54) is 23.6 Å². The van der Waals surface area contributed by atoms with Crippen LogP contribution in [-0.2, 0) is 20.7 Å². The summed E-state index contributed by atoms with van der Waals surface area (Å²) in [5.41, 5.74) is 4.04. The second-order valence-corrected chi connectivity index (χ2v) is 9.78. The van der Waals surface area contributed by atoms with Gasteiger partial charge in [0.05, 0.1) is 24.2 Å². The summed E-state index contributed by atoms with van der Waals surface area (Å²) >= 11 is 1.61. The molecule has 0 spiro atoms. The van der Waals surface area contributed by atoms with Gasteiger partial charge >= 0.3 is 5.97 Å². The zero-order valence-electron chi connectivity index (χ0n) is 18.2. The van der Waals surface area contributed by atoms with E-state index in [0.717, 1.165) is 45.9 Å². The quantitative estimate of drug-likeness (QED) is 0.466. The molecule has 1 unspecified atom stereocenters. The summed E-state index contributed by atoms with van der Waals surface area (Å²) < 4.78 is 18.3. The van der Waals surface area contributed by atoms with Crippen LogP contribution in [0.1, 0.15) is 49.3 Å². The molecule has 0 aliphatic carbocycles. The first kappa shape index (κ1) is 20.9. The Labute approximate surface area is 181 Å². The fraction of sp³-hybridized carbons (Fsp3) is 0.400. The number of fused-ring (bicyclic) bond motifs is 2. The third kappa shape index (κ3) is 3.96. The van der Waals surface area contributed by atoms with Crippen LogP contribution in [0, 0.1) is 6.92 Å². The summed E-state index contributed by atoms with van der Waals surface area (Å²) in [7, 11) is 1.41. The number of rotatable bonds is 4. The normalized spacial score (nSPS) is 14.8. The van der Waals surface area contributed by atoms with Crippen molar-refractivity contribution in [3.8, 4) is 16.9 Å². The molecule has 2 aromatic carbocycles. The van der Waals surface area contributed by atoms with Crippen LogP contribution in [0.4, 0.5) is 0 Å². The minimum absolute atomic E-state index is 0.378. The Bertz CT molecular complexity index is 1090. The minimum atomic E-state index is -0.783. The van der Waals surface area contributed by atoms with E-state index in [1.54, 1.807) is 11.3 Å². The van der Waals surface area contributed by atoms with Crippen LogP contribution in [0.2, 0.25) is 0 Å². The molecule has 1 aliphatic rings. The van der Waals surface area contributed by atoms with Crippen LogP contribution in [-0.4, -0.2) is 25.3 Å². The largest absolute Gasteiger partial charge is 0.493 e.